The molecule has 1 aliphatic rings. The molecule has 1 saturated heterocycles. The highest BCUT2D eigenvalue weighted by Crippen LogP contribution is 2.16. The Morgan fingerprint density at radius 1 is 1.12 bits per heavy atom. The topological polar surface area (TPSA) is 58.4 Å². The Hall–Kier alpha value is -2.34. The summed E-state index contributed by atoms with van der Waals surface area (Å²) in [6, 6.07) is 10.3. The van der Waals surface area contributed by atoms with Crippen LogP contribution in [-0.4, -0.2) is 46.8 Å². The number of nitrogens with zero attached hydrogens (tertiary/aromatic N) is 4. The zero-order chi connectivity index (χ0) is 18.0. The lowest BCUT2D eigenvalue weighted by Crippen LogP contribution is -2.50. The summed E-state index contributed by atoms with van der Waals surface area (Å²) < 4.78 is 1.35. The van der Waals surface area contributed by atoms with Gasteiger partial charge in [0.1, 0.15) is 5.82 Å². The highest BCUT2D eigenvalue weighted by atomic mass is 35.5. The Bertz CT molecular complexity index is 826. The molecule has 132 valence electrons. The van der Waals surface area contributed by atoms with Gasteiger partial charge in [0, 0.05) is 43.2 Å². The lowest BCUT2D eigenvalue weighted by molar-refractivity contribution is -0.134. The van der Waals surface area contributed by atoms with E-state index in [2.05, 4.69) is 10.00 Å². The molecule has 25 heavy (non-hydrogen) atoms. The second-order valence-electron chi connectivity index (χ2n) is 6.39. The number of hydrogen-bond donors (Lipinski definition) is 0. The van der Waals surface area contributed by atoms with Crippen molar-refractivity contribution in [2.75, 3.05) is 31.1 Å². The van der Waals surface area contributed by atoms with E-state index in [1.807, 2.05) is 18.7 Å². The van der Waals surface area contributed by atoms with Crippen molar-refractivity contribution in [2.45, 2.75) is 13.8 Å². The van der Waals surface area contributed by atoms with Crippen LogP contribution in [0, 0.1) is 5.92 Å². The number of benzene rings is 1. The Kier molecular flexibility index (Phi) is 5.08. The molecule has 7 heteroatoms. The summed E-state index contributed by atoms with van der Waals surface area (Å²) in [6.07, 6.45) is 0. The van der Waals surface area contributed by atoms with Crippen LogP contribution in [0.25, 0.3) is 5.69 Å². The molecule has 1 amide bonds. The van der Waals surface area contributed by atoms with E-state index in [1.165, 1.54) is 10.7 Å². The van der Waals surface area contributed by atoms with Gasteiger partial charge in [0.05, 0.1) is 5.69 Å². The van der Waals surface area contributed by atoms with Crippen LogP contribution in [-0.2, 0) is 4.79 Å². The van der Waals surface area contributed by atoms with Crippen molar-refractivity contribution in [1.82, 2.24) is 14.7 Å². The zero-order valence-corrected chi connectivity index (χ0v) is 15.1. The van der Waals surface area contributed by atoms with E-state index in [4.69, 9.17) is 11.6 Å². The first kappa shape index (κ1) is 17.5. The highest BCUT2D eigenvalue weighted by Gasteiger charge is 2.23. The molecule has 0 spiro atoms. The van der Waals surface area contributed by atoms with E-state index in [1.54, 1.807) is 30.3 Å². The van der Waals surface area contributed by atoms with Crippen molar-refractivity contribution in [1.29, 1.82) is 0 Å². The van der Waals surface area contributed by atoms with Crippen molar-refractivity contribution >= 4 is 23.3 Å². The van der Waals surface area contributed by atoms with Gasteiger partial charge < -0.3 is 9.80 Å². The first-order valence-corrected chi connectivity index (χ1v) is 8.73. The molecule has 1 aromatic heterocycles. The first-order chi connectivity index (χ1) is 12.0. The molecule has 0 saturated carbocycles. The second kappa shape index (κ2) is 7.27. The van der Waals surface area contributed by atoms with Gasteiger partial charge in [-0.15, -0.1) is 5.10 Å². The summed E-state index contributed by atoms with van der Waals surface area (Å²) in [6.45, 7) is 6.54. The average Bonchev–Trinajstić information content (AvgIpc) is 2.61. The average molecular weight is 361 g/mol. The first-order valence-electron chi connectivity index (χ1n) is 8.36. The maximum Gasteiger partial charge on any atom is 0.271 e. The van der Waals surface area contributed by atoms with Crippen LogP contribution in [0.2, 0.25) is 5.02 Å². The number of carbonyl (C=O) groups excluding carboxylic acids is 1. The molecular weight excluding hydrogens is 340 g/mol. The van der Waals surface area contributed by atoms with Gasteiger partial charge in [0.25, 0.3) is 5.56 Å². The minimum Gasteiger partial charge on any atom is -0.352 e. The van der Waals surface area contributed by atoms with E-state index in [-0.39, 0.29) is 17.4 Å². The van der Waals surface area contributed by atoms with Crippen molar-refractivity contribution in [3.63, 3.8) is 0 Å². The predicted octanol–water partition coefficient (Wildman–Crippen LogP) is 2.19. The fourth-order valence-electron chi connectivity index (χ4n) is 2.88. The molecule has 1 aromatic carbocycles. The molecule has 0 aliphatic carbocycles. The molecule has 0 N–H and O–H groups in total. The van der Waals surface area contributed by atoms with Gasteiger partial charge in [-0.2, -0.15) is 4.68 Å². The number of piperazine rings is 1. The largest absolute Gasteiger partial charge is 0.352 e. The fraction of sp³-hybridized carbons (Fsp3) is 0.389. The monoisotopic (exact) mass is 360 g/mol. The number of amides is 1. The van der Waals surface area contributed by atoms with Crippen LogP contribution in [0.4, 0.5) is 5.82 Å². The number of hydrogen-bond acceptors (Lipinski definition) is 4. The molecule has 3 rings (SSSR count). The lowest BCUT2D eigenvalue weighted by atomic mass is 10.1. The minimum atomic E-state index is -0.209. The van der Waals surface area contributed by atoms with E-state index in [0.717, 1.165) is 5.82 Å². The van der Waals surface area contributed by atoms with Crippen molar-refractivity contribution < 1.29 is 4.79 Å². The van der Waals surface area contributed by atoms with E-state index in [0.29, 0.717) is 36.9 Å². The highest BCUT2D eigenvalue weighted by molar-refractivity contribution is 6.30. The second-order valence-corrected chi connectivity index (χ2v) is 6.82. The smallest absolute Gasteiger partial charge is 0.271 e. The van der Waals surface area contributed by atoms with Gasteiger partial charge in [0.15, 0.2) is 0 Å². The van der Waals surface area contributed by atoms with Gasteiger partial charge in [-0.25, -0.2) is 0 Å². The molecule has 6 nitrogen and oxygen atoms in total. The van der Waals surface area contributed by atoms with Gasteiger partial charge in [-0.3, -0.25) is 9.59 Å². The molecule has 2 aromatic rings. The van der Waals surface area contributed by atoms with Crippen molar-refractivity contribution in [3.8, 4) is 5.69 Å². The zero-order valence-electron chi connectivity index (χ0n) is 14.4. The van der Waals surface area contributed by atoms with Crippen molar-refractivity contribution in [2.24, 2.45) is 5.92 Å². The number of carbonyl (C=O) groups is 1. The van der Waals surface area contributed by atoms with Crippen LogP contribution in [0.15, 0.2) is 41.2 Å². The van der Waals surface area contributed by atoms with Crippen LogP contribution in [0.3, 0.4) is 0 Å². The third kappa shape index (κ3) is 3.85. The Morgan fingerprint density at radius 2 is 1.84 bits per heavy atom. The molecule has 1 aliphatic heterocycles. The van der Waals surface area contributed by atoms with Crippen LogP contribution < -0.4 is 10.5 Å². The summed E-state index contributed by atoms with van der Waals surface area (Å²) in [5.41, 5.74) is 0.424. The molecule has 0 unspecified atom stereocenters. The molecule has 0 atom stereocenters. The van der Waals surface area contributed by atoms with Crippen LogP contribution >= 0.6 is 11.6 Å². The third-order valence-electron chi connectivity index (χ3n) is 4.25. The Balaban J connectivity index is 1.80. The molecule has 2 heterocycles. The summed E-state index contributed by atoms with van der Waals surface area (Å²) in [7, 11) is 0. The maximum absolute atomic E-state index is 12.2. The summed E-state index contributed by atoms with van der Waals surface area (Å²) in [4.78, 5) is 28.2. The van der Waals surface area contributed by atoms with Gasteiger partial charge in [-0.1, -0.05) is 31.5 Å². The summed E-state index contributed by atoms with van der Waals surface area (Å²) >= 11 is 6.02. The number of anilines is 1. The maximum atomic E-state index is 12.2. The predicted molar refractivity (Wildman–Crippen MR) is 98.5 cm³/mol. The van der Waals surface area contributed by atoms with E-state index in [9.17, 15) is 9.59 Å². The number of halogens is 1. The number of aromatic nitrogens is 2. The molecule has 0 bridgehead atoms. The molecular formula is C18H21ClN4O2. The normalized spacial score (nSPS) is 14.9. The summed E-state index contributed by atoms with van der Waals surface area (Å²) in [5.74, 6) is 0.905. The summed E-state index contributed by atoms with van der Waals surface area (Å²) in [5, 5.41) is 5.03. The third-order valence-corrected chi connectivity index (χ3v) is 4.48. The van der Waals surface area contributed by atoms with Gasteiger partial charge in [0.2, 0.25) is 5.91 Å². The number of rotatable bonds is 3. The molecule has 1 fully saturated rings. The lowest BCUT2D eigenvalue weighted by Gasteiger charge is -2.36. The quantitative estimate of drug-likeness (QED) is 0.842. The van der Waals surface area contributed by atoms with E-state index >= 15 is 0 Å². The SMILES string of the molecule is CC(C)C(=O)N1CCN(c2ccc(=O)n(-c3cccc(Cl)c3)n2)CC1. The van der Waals surface area contributed by atoms with Crippen LogP contribution in [0.5, 0.6) is 0 Å². The van der Waals surface area contributed by atoms with Gasteiger partial charge >= 0.3 is 0 Å². The van der Waals surface area contributed by atoms with Gasteiger partial charge in [-0.05, 0) is 24.3 Å². The Labute approximate surface area is 151 Å². The fourth-order valence-corrected chi connectivity index (χ4v) is 3.07. The minimum absolute atomic E-state index is 0.00871. The van der Waals surface area contributed by atoms with Crippen LogP contribution in [0.1, 0.15) is 13.8 Å². The van der Waals surface area contributed by atoms with E-state index < -0.39 is 0 Å². The Morgan fingerprint density at radius 3 is 2.48 bits per heavy atom. The van der Waals surface area contributed by atoms with Crippen molar-refractivity contribution in [3.05, 3.63) is 51.8 Å². The molecule has 0 radical (unpaired) electrons. The standard InChI is InChI=1S/C18H21ClN4O2/c1-13(2)18(25)22-10-8-21(9-11-22)16-6-7-17(24)23(20-16)15-5-3-4-14(19)12-15/h3-7,12-13H,8-11H2,1-2H3.